The Bertz CT molecular complexity index is 1490. The summed E-state index contributed by atoms with van der Waals surface area (Å²) in [6.07, 6.45) is 62.5. The maximum absolute atomic E-state index is 13.4. The number of ether oxygens (including phenoxy) is 1. The molecule has 68 heavy (non-hydrogen) atoms. The second-order valence-electron chi connectivity index (χ2n) is 19.0. The number of likely N-dealkylation sites (N-methyl/N-ethyl adjacent to an activating group) is 1. The lowest BCUT2D eigenvalue weighted by Crippen LogP contribution is -2.47. The number of rotatable bonds is 47. The highest BCUT2D eigenvalue weighted by Crippen LogP contribution is 2.38. The van der Waals surface area contributed by atoms with Crippen molar-refractivity contribution in [1.29, 1.82) is 0 Å². The van der Waals surface area contributed by atoms with Gasteiger partial charge < -0.3 is 28.5 Å². The quantitative estimate of drug-likeness (QED) is 0.0161. The van der Waals surface area contributed by atoms with E-state index in [0.717, 1.165) is 96.3 Å². The summed E-state index contributed by atoms with van der Waals surface area (Å²) < 4.78 is 30.1. The van der Waals surface area contributed by atoms with E-state index in [4.69, 9.17) is 13.8 Å². The Kier molecular flexibility index (Phi) is 45.5. The lowest BCUT2D eigenvalue weighted by atomic mass is 10.1. The molecule has 0 aromatic rings. The summed E-state index contributed by atoms with van der Waals surface area (Å²) in [6, 6.07) is -0.936. The van der Waals surface area contributed by atoms with Gasteiger partial charge in [-0.1, -0.05) is 202 Å². The molecule has 390 valence electrons. The standard InChI is InChI=1S/C58H101N2O7P/c1-7-10-13-16-19-22-25-27-29-31-32-35-38-41-44-47-50-57(61)59-55(54-66-68(63,64)65-53-52-60(4,5)6)56(49-46-43-40-37-34-24-21-18-15-12-9-3)67-58(62)51-48-45-42-39-36-33-30-28-26-23-20-17-14-11-8-2/h10,13,19-20,22-23,26-29,32,35,41,44,46,49,55-56H,7-9,11-12,14-18,21,24-25,30-31,33-34,36-40,42-43,45,47-48,50-54H2,1-6H3,(H-,59,61,63,64)/b13-10+,22-19+,23-20+,28-26+,29-27+,35-32+,44-41+,49-46+. The van der Waals surface area contributed by atoms with Gasteiger partial charge in [-0.05, 0) is 89.5 Å². The van der Waals surface area contributed by atoms with Crippen LogP contribution in [0.5, 0.6) is 0 Å². The minimum atomic E-state index is -4.72. The fourth-order valence-corrected chi connectivity index (χ4v) is 7.81. The molecule has 0 heterocycles. The predicted octanol–water partition coefficient (Wildman–Crippen LogP) is 15.4. The van der Waals surface area contributed by atoms with Crippen LogP contribution in [0.2, 0.25) is 0 Å². The molecule has 0 aliphatic rings. The first-order chi connectivity index (χ1) is 32.9. The Hall–Kier alpha value is -3.07. The van der Waals surface area contributed by atoms with Gasteiger partial charge in [0.25, 0.3) is 7.82 Å². The minimum absolute atomic E-state index is 0.0422. The fourth-order valence-electron chi connectivity index (χ4n) is 7.09. The number of amides is 1. The van der Waals surface area contributed by atoms with Crippen LogP contribution in [-0.2, 0) is 27.9 Å². The van der Waals surface area contributed by atoms with Crippen LogP contribution in [0.15, 0.2) is 97.2 Å². The number of carbonyl (C=O) groups excluding carboxylic acids is 2. The minimum Gasteiger partial charge on any atom is -0.756 e. The molecule has 0 saturated heterocycles. The van der Waals surface area contributed by atoms with Crippen molar-refractivity contribution in [3.05, 3.63) is 97.2 Å². The zero-order valence-corrected chi connectivity index (χ0v) is 45.2. The van der Waals surface area contributed by atoms with Gasteiger partial charge in [-0.15, -0.1) is 0 Å². The average molecular weight is 969 g/mol. The molecule has 0 spiro atoms. The Labute approximate surface area is 418 Å². The van der Waals surface area contributed by atoms with Crippen molar-refractivity contribution in [2.45, 2.75) is 219 Å². The van der Waals surface area contributed by atoms with Crippen LogP contribution in [0, 0.1) is 0 Å². The van der Waals surface area contributed by atoms with E-state index in [2.05, 4.69) is 99.0 Å². The van der Waals surface area contributed by atoms with Crippen molar-refractivity contribution < 1.29 is 37.3 Å². The first-order valence-electron chi connectivity index (χ1n) is 27.1. The van der Waals surface area contributed by atoms with Gasteiger partial charge in [0.05, 0.1) is 33.8 Å². The molecule has 0 rings (SSSR count). The predicted molar refractivity (Wildman–Crippen MR) is 288 cm³/mol. The molecule has 0 fully saturated rings. The van der Waals surface area contributed by atoms with Gasteiger partial charge in [0.2, 0.25) is 5.91 Å². The third-order valence-corrected chi connectivity index (χ3v) is 12.3. The number of carbonyl (C=O) groups is 2. The number of nitrogens with one attached hydrogen (secondary N) is 1. The van der Waals surface area contributed by atoms with Crippen molar-refractivity contribution >= 4 is 19.7 Å². The summed E-state index contributed by atoms with van der Waals surface area (Å²) in [4.78, 5) is 39.7. The summed E-state index contributed by atoms with van der Waals surface area (Å²) in [5, 5.41) is 2.96. The summed E-state index contributed by atoms with van der Waals surface area (Å²) >= 11 is 0. The zero-order valence-electron chi connectivity index (χ0n) is 44.3. The molecule has 0 aromatic heterocycles. The van der Waals surface area contributed by atoms with Crippen molar-refractivity contribution in [2.75, 3.05) is 40.9 Å². The SMILES string of the molecule is CC/C=C/C/C=C/C/C=C/C/C=C/C/C=C/CCC(=O)NC(COP(=O)([O-])OCC[N+](C)(C)C)C(/C=C/CCCCCCCCCCC)OC(=O)CCCCCCCC/C=C/C=C/CCCCC. The summed E-state index contributed by atoms with van der Waals surface area (Å²) in [7, 11) is 1.12. The third-order valence-electron chi connectivity index (χ3n) is 11.3. The van der Waals surface area contributed by atoms with Crippen LogP contribution in [0.4, 0.5) is 0 Å². The van der Waals surface area contributed by atoms with Gasteiger partial charge in [-0.2, -0.15) is 0 Å². The number of phosphoric acid groups is 1. The van der Waals surface area contributed by atoms with E-state index in [0.29, 0.717) is 23.9 Å². The van der Waals surface area contributed by atoms with E-state index in [9.17, 15) is 19.0 Å². The highest BCUT2D eigenvalue weighted by molar-refractivity contribution is 7.45. The number of hydrogen-bond acceptors (Lipinski definition) is 7. The van der Waals surface area contributed by atoms with Gasteiger partial charge in [0, 0.05) is 12.8 Å². The lowest BCUT2D eigenvalue weighted by molar-refractivity contribution is -0.870. The monoisotopic (exact) mass is 969 g/mol. The Morgan fingerprint density at radius 2 is 1.00 bits per heavy atom. The molecule has 1 N–H and O–H groups in total. The maximum atomic E-state index is 13.4. The van der Waals surface area contributed by atoms with Crippen molar-refractivity contribution in [2.24, 2.45) is 0 Å². The summed E-state index contributed by atoms with van der Waals surface area (Å²) in [5.74, 6) is -0.660. The van der Waals surface area contributed by atoms with Crippen molar-refractivity contribution in [1.82, 2.24) is 5.32 Å². The second kappa shape index (κ2) is 47.6. The molecule has 0 aliphatic heterocycles. The molecular weight excluding hydrogens is 868 g/mol. The van der Waals surface area contributed by atoms with Crippen LogP contribution in [0.1, 0.15) is 207 Å². The number of phosphoric ester groups is 1. The van der Waals surface area contributed by atoms with E-state index < -0.39 is 26.6 Å². The van der Waals surface area contributed by atoms with Gasteiger partial charge >= 0.3 is 5.97 Å². The topological polar surface area (TPSA) is 114 Å². The number of nitrogens with zero attached hydrogens (tertiary/aromatic N) is 1. The number of unbranched alkanes of at least 4 members (excludes halogenated alkanes) is 18. The highest BCUT2D eigenvalue weighted by Gasteiger charge is 2.27. The molecule has 0 bridgehead atoms. The highest BCUT2D eigenvalue weighted by atomic mass is 31.2. The maximum Gasteiger partial charge on any atom is 0.306 e. The molecule has 0 radical (unpaired) electrons. The number of esters is 1. The molecule has 0 aliphatic carbocycles. The molecule has 3 unspecified atom stereocenters. The molecule has 3 atom stereocenters. The molecular formula is C58H101N2O7P. The lowest BCUT2D eigenvalue weighted by Gasteiger charge is -2.30. The Morgan fingerprint density at radius 3 is 1.53 bits per heavy atom. The number of hydrogen-bond donors (Lipinski definition) is 1. The molecule has 1 amide bonds. The normalized spacial score (nSPS) is 14.6. The van der Waals surface area contributed by atoms with E-state index >= 15 is 0 Å². The first-order valence-corrected chi connectivity index (χ1v) is 28.5. The van der Waals surface area contributed by atoms with Crippen molar-refractivity contribution in [3.63, 3.8) is 0 Å². The number of quaternary nitrogens is 1. The third kappa shape index (κ3) is 48.0. The van der Waals surface area contributed by atoms with Crippen LogP contribution in [0.25, 0.3) is 0 Å². The van der Waals surface area contributed by atoms with E-state index in [1.807, 2.05) is 39.4 Å². The van der Waals surface area contributed by atoms with Crippen LogP contribution in [-0.4, -0.2) is 69.4 Å². The number of allylic oxidation sites excluding steroid dienone is 15. The molecule has 0 aromatic carbocycles. The van der Waals surface area contributed by atoms with Gasteiger partial charge in [-0.3, -0.25) is 14.2 Å². The zero-order chi connectivity index (χ0) is 50.1. The Balaban J connectivity index is 5.52. The fraction of sp³-hybridized carbons (Fsp3) is 0.690. The van der Waals surface area contributed by atoms with Crippen molar-refractivity contribution in [3.8, 4) is 0 Å². The largest absolute Gasteiger partial charge is 0.756 e. The smallest absolute Gasteiger partial charge is 0.306 e. The average Bonchev–Trinajstić information content (AvgIpc) is 3.29. The van der Waals surface area contributed by atoms with Crippen LogP contribution in [0.3, 0.4) is 0 Å². The van der Waals surface area contributed by atoms with E-state index in [1.54, 1.807) is 6.08 Å². The second-order valence-corrected chi connectivity index (χ2v) is 20.4. The van der Waals surface area contributed by atoms with Crippen LogP contribution < -0.4 is 10.2 Å². The first kappa shape index (κ1) is 64.9. The van der Waals surface area contributed by atoms with E-state index in [1.165, 1.54) is 64.2 Å². The van der Waals surface area contributed by atoms with Crippen LogP contribution >= 0.6 is 7.82 Å². The molecule has 9 nitrogen and oxygen atoms in total. The molecule has 10 heteroatoms. The Morgan fingerprint density at radius 1 is 0.544 bits per heavy atom. The van der Waals surface area contributed by atoms with Gasteiger partial charge in [0.1, 0.15) is 19.3 Å². The van der Waals surface area contributed by atoms with E-state index in [-0.39, 0.29) is 31.3 Å². The van der Waals surface area contributed by atoms with Gasteiger partial charge in [0.15, 0.2) is 0 Å². The van der Waals surface area contributed by atoms with Gasteiger partial charge in [-0.25, -0.2) is 0 Å². The summed E-state index contributed by atoms with van der Waals surface area (Å²) in [5.41, 5.74) is 0. The molecule has 0 saturated carbocycles. The summed E-state index contributed by atoms with van der Waals surface area (Å²) in [6.45, 7) is 6.59.